The van der Waals surface area contributed by atoms with E-state index in [1.54, 1.807) is 17.0 Å². The lowest BCUT2D eigenvalue weighted by molar-refractivity contribution is -0.141. The number of para-hydroxylation sites is 1. The zero-order valence-electron chi connectivity index (χ0n) is 23.3. The topological polar surface area (TPSA) is 86.8 Å². The first kappa shape index (κ1) is 29.9. The Morgan fingerprint density at radius 2 is 1.49 bits per heavy atom. The number of hydrogen-bond acceptors (Lipinski definition) is 4. The Bertz CT molecular complexity index is 1360. The number of nitrogens with zero attached hydrogens (tertiary/aromatic N) is 2. The quantitative estimate of drug-likeness (QED) is 0.337. The van der Waals surface area contributed by atoms with Crippen molar-refractivity contribution in [1.29, 1.82) is 0 Å². The first-order valence-electron chi connectivity index (χ1n) is 13.3. The highest BCUT2D eigenvalue weighted by Gasteiger charge is 2.30. The lowest BCUT2D eigenvalue weighted by Gasteiger charge is -2.32. The maximum Gasteiger partial charge on any atom is 0.243 e. The zero-order valence-corrected chi connectivity index (χ0v) is 24.1. The van der Waals surface area contributed by atoms with Gasteiger partial charge >= 0.3 is 0 Å². The molecular formula is C31H39N3O4S. The van der Waals surface area contributed by atoms with E-state index in [0.717, 1.165) is 22.3 Å². The largest absolute Gasteiger partial charge is 0.355 e. The van der Waals surface area contributed by atoms with Crippen LogP contribution in [-0.4, -0.2) is 50.5 Å². The van der Waals surface area contributed by atoms with Gasteiger partial charge in [-0.05, 0) is 55.5 Å². The minimum atomic E-state index is -3.55. The molecule has 0 aliphatic heterocycles. The fraction of sp³-hybridized carbons (Fsp3) is 0.355. The van der Waals surface area contributed by atoms with Crippen LogP contribution >= 0.6 is 0 Å². The molecule has 3 rings (SSSR count). The summed E-state index contributed by atoms with van der Waals surface area (Å²) in [4.78, 5) is 28.8. The number of likely N-dealkylation sites (N-methyl/N-ethyl adjacent to an activating group) is 1. The van der Waals surface area contributed by atoms with Crippen LogP contribution < -0.4 is 9.62 Å². The van der Waals surface area contributed by atoms with Crippen LogP contribution in [0.2, 0.25) is 0 Å². The van der Waals surface area contributed by atoms with Crippen LogP contribution in [0.4, 0.5) is 5.69 Å². The Morgan fingerprint density at radius 3 is 2.10 bits per heavy atom. The molecule has 0 saturated carbocycles. The Kier molecular flexibility index (Phi) is 10.7. The third kappa shape index (κ3) is 8.42. The minimum absolute atomic E-state index is 0.106. The van der Waals surface area contributed by atoms with E-state index in [1.807, 2.05) is 87.5 Å². The Labute approximate surface area is 232 Å². The molecule has 1 N–H and O–H groups in total. The fourth-order valence-electron chi connectivity index (χ4n) is 4.64. The summed E-state index contributed by atoms with van der Waals surface area (Å²) in [6, 6.07) is 24.1. The molecule has 0 aliphatic carbocycles. The number of nitrogens with one attached hydrogen (secondary N) is 1. The van der Waals surface area contributed by atoms with Gasteiger partial charge in [-0.2, -0.15) is 0 Å². The molecular weight excluding hydrogens is 510 g/mol. The predicted octanol–water partition coefficient (Wildman–Crippen LogP) is 4.63. The molecule has 1 atom stereocenters. The van der Waals surface area contributed by atoms with Crippen LogP contribution in [0, 0.1) is 13.8 Å². The molecule has 0 unspecified atom stereocenters. The highest BCUT2D eigenvalue weighted by atomic mass is 32.2. The molecule has 0 radical (unpaired) electrons. The first-order valence-corrected chi connectivity index (χ1v) is 15.2. The van der Waals surface area contributed by atoms with Gasteiger partial charge in [0.2, 0.25) is 21.8 Å². The molecule has 8 heteroatoms. The van der Waals surface area contributed by atoms with Crippen LogP contribution in [0.5, 0.6) is 0 Å². The maximum atomic E-state index is 13.8. The van der Waals surface area contributed by atoms with Crippen LogP contribution in [0.25, 0.3) is 0 Å². The van der Waals surface area contributed by atoms with Crippen molar-refractivity contribution >= 4 is 27.5 Å². The predicted molar refractivity (Wildman–Crippen MR) is 157 cm³/mol. The maximum absolute atomic E-state index is 13.8. The van der Waals surface area contributed by atoms with Crippen LogP contribution in [0.15, 0.2) is 78.9 Å². The number of aryl methyl sites for hydroxylation is 2. The Balaban J connectivity index is 1.88. The first-order chi connectivity index (χ1) is 18.6. The number of sulfonamides is 1. The molecule has 0 spiro atoms. The molecule has 0 aliphatic rings. The summed E-state index contributed by atoms with van der Waals surface area (Å²) in [5.41, 5.74) is 4.40. The summed E-state index contributed by atoms with van der Waals surface area (Å²) in [7, 11) is -3.55. The normalized spacial score (nSPS) is 12.0. The number of anilines is 1. The van der Waals surface area contributed by atoms with Gasteiger partial charge in [0.15, 0.2) is 0 Å². The highest BCUT2D eigenvalue weighted by molar-refractivity contribution is 7.92. The highest BCUT2D eigenvalue weighted by Crippen LogP contribution is 2.23. The van der Waals surface area contributed by atoms with Crippen molar-refractivity contribution in [3.63, 3.8) is 0 Å². The Morgan fingerprint density at radius 1 is 0.872 bits per heavy atom. The summed E-state index contributed by atoms with van der Waals surface area (Å²) in [6.07, 6.45) is 1.98. The van der Waals surface area contributed by atoms with Crippen molar-refractivity contribution < 1.29 is 18.0 Å². The molecule has 0 aromatic heterocycles. The summed E-state index contributed by atoms with van der Waals surface area (Å²) in [5.74, 6) is -0.398. The van der Waals surface area contributed by atoms with Crippen molar-refractivity contribution in [1.82, 2.24) is 10.2 Å². The molecule has 0 bridgehead atoms. The van der Waals surface area contributed by atoms with Crippen molar-refractivity contribution in [2.75, 3.05) is 23.7 Å². The molecule has 0 saturated heterocycles. The summed E-state index contributed by atoms with van der Waals surface area (Å²) < 4.78 is 26.6. The second-order valence-electron chi connectivity index (χ2n) is 9.77. The average molecular weight is 550 g/mol. The van der Waals surface area contributed by atoms with Gasteiger partial charge in [0.25, 0.3) is 0 Å². The molecule has 3 aromatic carbocycles. The fourth-order valence-corrected chi connectivity index (χ4v) is 5.67. The molecule has 7 nitrogen and oxygen atoms in total. The standard InChI is InChI=1S/C31H39N3O4S/c1-5-32-31(36)29(22-26-16-7-6-8-17-26)33(23-27-18-11-9-14-24(27)2)30(35)20-13-21-34(39(4,37)38)28-19-12-10-15-25(28)3/h6-12,14-19,29H,5,13,20-23H2,1-4H3,(H,32,36)/t29-/m1/s1. The monoisotopic (exact) mass is 549 g/mol. The van der Waals surface area contributed by atoms with Crippen LogP contribution in [0.1, 0.15) is 42.0 Å². The van der Waals surface area contributed by atoms with Gasteiger partial charge in [0.05, 0.1) is 11.9 Å². The number of amides is 2. The molecule has 39 heavy (non-hydrogen) atoms. The summed E-state index contributed by atoms with van der Waals surface area (Å²) in [5, 5.41) is 2.90. The van der Waals surface area contributed by atoms with Crippen LogP contribution in [-0.2, 0) is 32.6 Å². The zero-order chi connectivity index (χ0) is 28.4. The van der Waals surface area contributed by atoms with Gasteiger partial charge in [-0.15, -0.1) is 0 Å². The van der Waals surface area contributed by atoms with Crippen molar-refractivity contribution in [2.24, 2.45) is 0 Å². The van der Waals surface area contributed by atoms with Crippen molar-refractivity contribution in [2.45, 2.75) is 52.6 Å². The lowest BCUT2D eigenvalue weighted by atomic mass is 10.0. The Hall–Kier alpha value is -3.65. The van der Waals surface area contributed by atoms with E-state index in [9.17, 15) is 18.0 Å². The van der Waals surface area contributed by atoms with E-state index >= 15 is 0 Å². The number of carbonyl (C=O) groups is 2. The second kappa shape index (κ2) is 13.9. The lowest BCUT2D eigenvalue weighted by Crippen LogP contribution is -2.50. The van der Waals surface area contributed by atoms with Gasteiger partial charge < -0.3 is 10.2 Å². The van der Waals surface area contributed by atoms with Crippen LogP contribution in [0.3, 0.4) is 0 Å². The van der Waals surface area contributed by atoms with Gasteiger partial charge in [-0.25, -0.2) is 8.42 Å². The molecule has 0 fully saturated rings. The number of rotatable bonds is 13. The third-order valence-electron chi connectivity index (χ3n) is 6.76. The molecule has 208 valence electrons. The molecule has 3 aromatic rings. The van der Waals surface area contributed by atoms with Gasteiger partial charge in [0, 0.05) is 32.5 Å². The van der Waals surface area contributed by atoms with E-state index in [0.29, 0.717) is 25.1 Å². The molecule has 0 heterocycles. The van der Waals surface area contributed by atoms with Gasteiger partial charge in [-0.1, -0.05) is 72.8 Å². The SMILES string of the molecule is CCNC(=O)[C@@H](Cc1ccccc1)N(Cc1ccccc1C)C(=O)CCCN(c1ccccc1C)S(C)(=O)=O. The third-order valence-corrected chi connectivity index (χ3v) is 7.94. The average Bonchev–Trinajstić information content (AvgIpc) is 2.90. The molecule has 2 amide bonds. The number of carbonyl (C=O) groups excluding carboxylic acids is 2. The summed E-state index contributed by atoms with van der Waals surface area (Å²) in [6.45, 7) is 6.62. The van der Waals surface area contributed by atoms with E-state index in [1.165, 1.54) is 10.6 Å². The summed E-state index contributed by atoms with van der Waals surface area (Å²) >= 11 is 0. The van der Waals surface area contributed by atoms with Crippen molar-refractivity contribution in [3.8, 4) is 0 Å². The second-order valence-corrected chi connectivity index (χ2v) is 11.7. The number of hydrogen-bond donors (Lipinski definition) is 1. The van der Waals surface area contributed by atoms with E-state index < -0.39 is 16.1 Å². The van der Waals surface area contributed by atoms with E-state index in [-0.39, 0.29) is 31.3 Å². The smallest absolute Gasteiger partial charge is 0.243 e. The van der Waals surface area contributed by atoms with Crippen molar-refractivity contribution in [3.05, 3.63) is 101 Å². The number of benzene rings is 3. The minimum Gasteiger partial charge on any atom is -0.355 e. The van der Waals surface area contributed by atoms with E-state index in [2.05, 4.69) is 5.32 Å². The van der Waals surface area contributed by atoms with E-state index in [4.69, 9.17) is 0 Å². The van der Waals surface area contributed by atoms with Gasteiger partial charge in [0.1, 0.15) is 6.04 Å². The van der Waals surface area contributed by atoms with Gasteiger partial charge in [-0.3, -0.25) is 13.9 Å².